The SMILES string of the molecule is CN(C)CCC1CCN(Cc2ccc(NC(=O)n3c(O)nc4cc(Cl)c(Cl)cc43)cc2)CC1. The molecule has 176 valence electrons. The molecule has 0 atom stereocenters. The van der Waals surface area contributed by atoms with Crippen molar-refractivity contribution < 1.29 is 9.90 Å². The highest BCUT2D eigenvalue weighted by Gasteiger charge is 2.20. The Kier molecular flexibility index (Phi) is 7.44. The van der Waals surface area contributed by atoms with Crippen LogP contribution in [-0.4, -0.2) is 64.2 Å². The van der Waals surface area contributed by atoms with E-state index in [-0.39, 0.29) is 5.02 Å². The van der Waals surface area contributed by atoms with Gasteiger partial charge in [0.25, 0.3) is 0 Å². The molecule has 0 radical (unpaired) electrons. The summed E-state index contributed by atoms with van der Waals surface area (Å²) in [4.78, 5) is 21.5. The van der Waals surface area contributed by atoms with Gasteiger partial charge in [-0.2, -0.15) is 4.98 Å². The molecule has 1 amide bonds. The van der Waals surface area contributed by atoms with Gasteiger partial charge in [-0.3, -0.25) is 4.90 Å². The number of amides is 1. The van der Waals surface area contributed by atoms with Crippen LogP contribution in [0.25, 0.3) is 11.0 Å². The number of rotatable bonds is 6. The van der Waals surface area contributed by atoms with E-state index in [0.717, 1.165) is 36.7 Å². The van der Waals surface area contributed by atoms with Gasteiger partial charge in [-0.25, -0.2) is 9.36 Å². The standard InChI is InChI=1S/C24H29Cl2N5O2/c1-29(2)10-7-16-8-11-30(12-9-16)15-17-3-5-18(6-4-17)27-23(32)31-22-14-20(26)19(25)13-21(22)28-24(31)33/h3-6,13-14,16H,7-12,15H2,1-2H3,(H,27,32)(H,28,33). The Morgan fingerprint density at radius 3 is 2.48 bits per heavy atom. The van der Waals surface area contributed by atoms with Crippen molar-refractivity contribution in [3.8, 4) is 6.01 Å². The number of fused-ring (bicyclic) bond motifs is 1. The van der Waals surface area contributed by atoms with Gasteiger partial charge in [0.1, 0.15) is 0 Å². The molecule has 0 unspecified atom stereocenters. The number of nitrogens with one attached hydrogen (secondary N) is 1. The molecule has 1 aliphatic heterocycles. The summed E-state index contributed by atoms with van der Waals surface area (Å²) in [5.41, 5.74) is 2.60. The molecule has 1 aliphatic rings. The maximum absolute atomic E-state index is 12.8. The van der Waals surface area contributed by atoms with Crippen LogP contribution in [0.15, 0.2) is 36.4 Å². The number of carbonyl (C=O) groups is 1. The van der Waals surface area contributed by atoms with Gasteiger partial charge in [-0.15, -0.1) is 0 Å². The molecule has 2 heterocycles. The van der Waals surface area contributed by atoms with E-state index in [1.807, 2.05) is 24.3 Å². The average molecular weight is 490 g/mol. The maximum atomic E-state index is 12.8. The number of aromatic nitrogens is 2. The van der Waals surface area contributed by atoms with Gasteiger partial charge in [-0.1, -0.05) is 35.3 Å². The minimum absolute atomic E-state index is 0.282. The molecule has 33 heavy (non-hydrogen) atoms. The molecule has 3 aromatic rings. The van der Waals surface area contributed by atoms with Gasteiger partial charge in [-0.05, 0) is 88.7 Å². The van der Waals surface area contributed by atoms with Crippen LogP contribution >= 0.6 is 23.2 Å². The third kappa shape index (κ3) is 5.79. The number of carbonyl (C=O) groups excluding carboxylic acids is 1. The zero-order valence-corrected chi connectivity index (χ0v) is 20.4. The van der Waals surface area contributed by atoms with Crippen molar-refractivity contribution in [2.45, 2.75) is 25.8 Å². The number of nitrogens with zero attached hydrogens (tertiary/aromatic N) is 4. The lowest BCUT2D eigenvalue weighted by Crippen LogP contribution is -2.34. The Labute approximate surface area is 203 Å². The molecule has 0 aliphatic carbocycles. The number of hydrogen-bond acceptors (Lipinski definition) is 5. The lowest BCUT2D eigenvalue weighted by molar-refractivity contribution is 0.166. The highest BCUT2D eigenvalue weighted by atomic mass is 35.5. The molecular formula is C24H29Cl2N5O2. The summed E-state index contributed by atoms with van der Waals surface area (Å²) in [7, 11) is 4.26. The van der Waals surface area contributed by atoms with E-state index in [9.17, 15) is 9.90 Å². The highest BCUT2D eigenvalue weighted by Crippen LogP contribution is 2.30. The van der Waals surface area contributed by atoms with Crippen LogP contribution in [0.5, 0.6) is 6.01 Å². The molecule has 2 N–H and O–H groups in total. The van der Waals surface area contributed by atoms with E-state index in [1.54, 1.807) is 0 Å². The van der Waals surface area contributed by atoms with Crippen LogP contribution in [0.1, 0.15) is 24.8 Å². The van der Waals surface area contributed by atoms with E-state index in [1.165, 1.54) is 37.0 Å². The minimum atomic E-state index is -0.527. The summed E-state index contributed by atoms with van der Waals surface area (Å²) in [5, 5.41) is 13.6. The largest absolute Gasteiger partial charge is 0.480 e. The average Bonchev–Trinajstić information content (AvgIpc) is 3.09. The van der Waals surface area contributed by atoms with Gasteiger partial charge in [0.15, 0.2) is 0 Å². The Morgan fingerprint density at radius 1 is 1.15 bits per heavy atom. The Morgan fingerprint density at radius 2 is 1.82 bits per heavy atom. The van der Waals surface area contributed by atoms with Crippen LogP contribution < -0.4 is 5.32 Å². The second kappa shape index (κ2) is 10.3. The number of anilines is 1. The molecule has 1 aromatic heterocycles. The molecule has 1 saturated heterocycles. The van der Waals surface area contributed by atoms with E-state index >= 15 is 0 Å². The third-order valence-corrected chi connectivity index (χ3v) is 6.91. The van der Waals surface area contributed by atoms with E-state index in [2.05, 4.69) is 34.2 Å². The normalized spacial score (nSPS) is 15.4. The first kappa shape index (κ1) is 23.8. The number of halogens is 2. The zero-order valence-electron chi connectivity index (χ0n) is 18.9. The molecule has 0 saturated carbocycles. The van der Waals surface area contributed by atoms with Gasteiger partial charge in [0, 0.05) is 12.2 Å². The number of benzene rings is 2. The molecule has 7 nitrogen and oxygen atoms in total. The fourth-order valence-electron chi connectivity index (χ4n) is 4.27. The predicted molar refractivity (Wildman–Crippen MR) is 133 cm³/mol. The highest BCUT2D eigenvalue weighted by molar-refractivity contribution is 6.42. The topological polar surface area (TPSA) is 73.6 Å². The fourth-order valence-corrected chi connectivity index (χ4v) is 4.58. The van der Waals surface area contributed by atoms with Crippen molar-refractivity contribution in [2.75, 3.05) is 39.0 Å². The molecule has 1 fully saturated rings. The summed E-state index contributed by atoms with van der Waals surface area (Å²) in [5.74, 6) is 0.822. The number of imidazole rings is 1. The predicted octanol–water partition coefficient (Wildman–Crippen LogP) is 5.29. The summed E-state index contributed by atoms with van der Waals surface area (Å²) in [6.45, 7) is 4.30. The smallest absolute Gasteiger partial charge is 0.334 e. The van der Waals surface area contributed by atoms with Crippen molar-refractivity contribution in [2.24, 2.45) is 5.92 Å². The summed E-state index contributed by atoms with van der Waals surface area (Å²) < 4.78 is 1.08. The summed E-state index contributed by atoms with van der Waals surface area (Å²) >= 11 is 12.1. The third-order valence-electron chi connectivity index (χ3n) is 6.19. The van der Waals surface area contributed by atoms with Crippen molar-refractivity contribution >= 4 is 46.0 Å². The first-order valence-electron chi connectivity index (χ1n) is 11.1. The number of hydrogen-bond donors (Lipinski definition) is 2. The summed E-state index contributed by atoms with van der Waals surface area (Å²) in [6.07, 6.45) is 3.77. The number of likely N-dealkylation sites (tertiary alicyclic amines) is 1. The van der Waals surface area contributed by atoms with Gasteiger partial charge in [0.05, 0.1) is 21.1 Å². The molecule has 9 heteroatoms. The maximum Gasteiger partial charge on any atom is 0.334 e. The van der Waals surface area contributed by atoms with Gasteiger partial charge in [0.2, 0.25) is 0 Å². The van der Waals surface area contributed by atoms with Crippen LogP contribution in [0, 0.1) is 5.92 Å². The van der Waals surface area contributed by atoms with Crippen molar-refractivity contribution in [1.29, 1.82) is 0 Å². The fraction of sp³-hybridized carbons (Fsp3) is 0.417. The Bertz CT molecular complexity index is 1120. The van der Waals surface area contributed by atoms with Crippen LogP contribution in [-0.2, 0) is 6.54 Å². The number of aromatic hydroxyl groups is 1. The monoisotopic (exact) mass is 489 g/mol. The van der Waals surface area contributed by atoms with Crippen LogP contribution in [0.4, 0.5) is 10.5 Å². The minimum Gasteiger partial charge on any atom is -0.480 e. The first-order valence-corrected chi connectivity index (χ1v) is 11.9. The van der Waals surface area contributed by atoms with E-state index in [4.69, 9.17) is 23.2 Å². The second-order valence-electron chi connectivity index (χ2n) is 8.94. The Hall–Kier alpha value is -2.32. The Balaban J connectivity index is 1.35. The van der Waals surface area contributed by atoms with Crippen LogP contribution in [0.3, 0.4) is 0 Å². The van der Waals surface area contributed by atoms with Gasteiger partial charge < -0.3 is 15.3 Å². The van der Waals surface area contributed by atoms with Crippen molar-refractivity contribution in [3.63, 3.8) is 0 Å². The molecular weight excluding hydrogens is 461 g/mol. The molecule has 0 spiro atoms. The second-order valence-corrected chi connectivity index (χ2v) is 9.76. The van der Waals surface area contributed by atoms with Crippen LogP contribution in [0.2, 0.25) is 10.0 Å². The molecule has 4 rings (SSSR count). The van der Waals surface area contributed by atoms with Crippen molar-refractivity contribution in [3.05, 3.63) is 52.0 Å². The zero-order chi connectivity index (χ0) is 23.5. The summed E-state index contributed by atoms with van der Waals surface area (Å²) in [6, 6.07) is 9.87. The molecule has 0 bridgehead atoms. The van der Waals surface area contributed by atoms with E-state index < -0.39 is 12.0 Å². The lowest BCUT2D eigenvalue weighted by atomic mass is 9.93. The lowest BCUT2D eigenvalue weighted by Gasteiger charge is -2.32. The quantitative estimate of drug-likeness (QED) is 0.491. The molecule has 2 aromatic carbocycles. The van der Waals surface area contributed by atoms with E-state index in [0.29, 0.717) is 21.7 Å². The van der Waals surface area contributed by atoms with Crippen molar-refractivity contribution in [1.82, 2.24) is 19.4 Å². The number of piperidine rings is 1. The first-order chi connectivity index (χ1) is 15.8. The van der Waals surface area contributed by atoms with Gasteiger partial charge >= 0.3 is 12.0 Å².